The van der Waals surface area contributed by atoms with Gasteiger partial charge in [-0.05, 0) is 0 Å². The number of fused-ring (bicyclic) bond motifs is 3. The molecule has 0 bridgehead atoms. The summed E-state index contributed by atoms with van der Waals surface area (Å²) in [4.78, 5) is 4.73. The van der Waals surface area contributed by atoms with E-state index in [1.54, 1.807) is 0 Å². The van der Waals surface area contributed by atoms with Gasteiger partial charge < -0.3 is 0 Å². The molecule has 0 aromatic carbocycles. The van der Waals surface area contributed by atoms with Gasteiger partial charge in [0, 0.05) is 0 Å². The first-order valence-corrected chi connectivity index (χ1v) is 6.90. The van der Waals surface area contributed by atoms with Crippen LogP contribution < -0.4 is 0 Å². The van der Waals surface area contributed by atoms with Crippen LogP contribution in [0.25, 0.3) is 0 Å². The molecule has 2 aliphatic heterocycles. The van der Waals surface area contributed by atoms with Crippen molar-refractivity contribution >= 4 is 29.9 Å². The number of rotatable bonds is 0. The van der Waals surface area contributed by atoms with Gasteiger partial charge in [0.15, 0.2) is 0 Å². The van der Waals surface area contributed by atoms with Crippen LogP contribution >= 0.6 is 0 Å². The Morgan fingerprint density at radius 2 is 1.38 bits per heavy atom. The monoisotopic (exact) mass is 238 g/mol. The van der Waals surface area contributed by atoms with E-state index in [1.165, 1.54) is 9.63 Å². The molecule has 0 nitrogen and oxygen atoms in total. The fourth-order valence-electron chi connectivity index (χ4n) is 1.33. The van der Waals surface area contributed by atoms with Crippen LogP contribution in [0.15, 0.2) is 12.2 Å². The van der Waals surface area contributed by atoms with Gasteiger partial charge in [-0.2, -0.15) is 0 Å². The Bertz CT molecular complexity index is 146. The SMILES string of the molecule is C1=CC2[Se]C2C2[Se]C12. The van der Waals surface area contributed by atoms with Gasteiger partial charge in [0.1, 0.15) is 0 Å². The van der Waals surface area contributed by atoms with Gasteiger partial charge >= 0.3 is 61.3 Å². The maximum absolute atomic E-state index is 2.49. The van der Waals surface area contributed by atoms with Crippen molar-refractivity contribution in [3.8, 4) is 0 Å². The normalized spacial score (nSPS) is 64.0. The van der Waals surface area contributed by atoms with Gasteiger partial charge in [0.25, 0.3) is 0 Å². The quantitative estimate of drug-likeness (QED) is 0.437. The van der Waals surface area contributed by atoms with Gasteiger partial charge in [0.2, 0.25) is 0 Å². The number of allylic oxidation sites excluding steroid dienone is 2. The molecule has 0 spiro atoms. The van der Waals surface area contributed by atoms with Crippen molar-refractivity contribution in [2.45, 2.75) is 19.3 Å². The molecule has 0 aromatic rings. The van der Waals surface area contributed by atoms with Crippen LogP contribution in [0.5, 0.6) is 0 Å². The molecule has 2 fully saturated rings. The van der Waals surface area contributed by atoms with E-state index in [-0.39, 0.29) is 0 Å². The molecule has 4 unspecified atom stereocenters. The third-order valence-corrected chi connectivity index (χ3v) is 8.48. The summed E-state index contributed by atoms with van der Waals surface area (Å²) in [5, 5.41) is 0. The zero-order valence-corrected chi connectivity index (χ0v) is 7.71. The molecule has 2 heterocycles. The van der Waals surface area contributed by atoms with Crippen molar-refractivity contribution in [3.63, 3.8) is 0 Å². The Hall–Kier alpha value is 0.779. The van der Waals surface area contributed by atoms with Crippen molar-refractivity contribution in [3.05, 3.63) is 12.2 Å². The summed E-state index contributed by atoms with van der Waals surface area (Å²) < 4.78 is 0. The van der Waals surface area contributed by atoms with Gasteiger partial charge in [0.05, 0.1) is 0 Å². The molecule has 3 aliphatic rings. The number of hydrogen-bond donors (Lipinski definition) is 0. The molecule has 0 N–H and O–H groups in total. The minimum absolute atomic E-state index is 1.06. The van der Waals surface area contributed by atoms with Crippen molar-refractivity contribution in [2.24, 2.45) is 0 Å². The van der Waals surface area contributed by atoms with Crippen molar-refractivity contribution in [2.75, 3.05) is 0 Å². The van der Waals surface area contributed by atoms with E-state index >= 15 is 0 Å². The molecular formula is C6H6Se2. The van der Waals surface area contributed by atoms with E-state index in [9.17, 15) is 0 Å². The first-order valence-electron chi connectivity index (χ1n) is 2.94. The molecule has 0 radical (unpaired) electrons. The summed E-state index contributed by atoms with van der Waals surface area (Å²) in [6.07, 6.45) is 4.97. The van der Waals surface area contributed by atoms with Crippen LogP contribution in [0.2, 0.25) is 19.3 Å². The van der Waals surface area contributed by atoms with E-state index in [0.29, 0.717) is 0 Å². The summed E-state index contributed by atoms with van der Waals surface area (Å²) in [5.74, 6) is 0. The summed E-state index contributed by atoms with van der Waals surface area (Å²) in [5.41, 5.74) is 0. The van der Waals surface area contributed by atoms with Gasteiger partial charge in [-0.3, -0.25) is 0 Å². The summed E-state index contributed by atoms with van der Waals surface area (Å²) in [6, 6.07) is 0. The van der Waals surface area contributed by atoms with Crippen LogP contribution in [-0.2, 0) is 0 Å². The number of hydrogen-bond acceptors (Lipinski definition) is 0. The van der Waals surface area contributed by atoms with Gasteiger partial charge in [-0.25, -0.2) is 0 Å². The second kappa shape index (κ2) is 1.27. The zero-order valence-electron chi connectivity index (χ0n) is 4.28. The van der Waals surface area contributed by atoms with Gasteiger partial charge in [-0.15, -0.1) is 0 Å². The Morgan fingerprint density at radius 3 is 1.88 bits per heavy atom. The topological polar surface area (TPSA) is 0 Å². The molecular weight excluding hydrogens is 230 g/mol. The Labute approximate surface area is 61.4 Å². The predicted molar refractivity (Wildman–Crippen MR) is 35.6 cm³/mol. The predicted octanol–water partition coefficient (Wildman–Crippen LogP) is 1.15. The van der Waals surface area contributed by atoms with E-state index in [2.05, 4.69) is 12.2 Å². The molecule has 42 valence electrons. The molecule has 0 saturated carbocycles. The average molecular weight is 236 g/mol. The fourth-order valence-corrected chi connectivity index (χ4v) is 8.09. The molecule has 3 rings (SSSR count). The average Bonchev–Trinajstić information content (AvgIpc) is 2.59. The second-order valence-corrected chi connectivity index (χ2v) is 8.23. The summed E-state index contributed by atoms with van der Waals surface area (Å²) in [6.45, 7) is 0. The molecule has 8 heavy (non-hydrogen) atoms. The summed E-state index contributed by atoms with van der Waals surface area (Å²) >= 11 is 2.13. The maximum atomic E-state index is 2.49. The Kier molecular flexibility index (Phi) is 0.726. The van der Waals surface area contributed by atoms with Crippen molar-refractivity contribution < 1.29 is 0 Å². The van der Waals surface area contributed by atoms with Crippen LogP contribution in [0, 0.1) is 0 Å². The summed E-state index contributed by atoms with van der Waals surface area (Å²) in [7, 11) is 0. The standard InChI is InChI=1S/C6H6Se2/c1-2-4-6(8-4)5-3(1)7-5/h1-6H. The van der Waals surface area contributed by atoms with Crippen molar-refractivity contribution in [1.29, 1.82) is 0 Å². The molecule has 2 heteroatoms. The third-order valence-electron chi connectivity index (χ3n) is 1.94. The molecule has 1 aliphatic carbocycles. The van der Waals surface area contributed by atoms with E-state index in [0.717, 1.165) is 39.5 Å². The molecule has 0 amide bonds. The minimum atomic E-state index is 1.06. The zero-order chi connectivity index (χ0) is 5.14. The molecule has 4 atom stereocenters. The van der Waals surface area contributed by atoms with Crippen LogP contribution in [0.4, 0.5) is 0 Å². The van der Waals surface area contributed by atoms with E-state index < -0.39 is 0 Å². The second-order valence-electron chi connectivity index (χ2n) is 2.52. The Balaban J connectivity index is 2.03. The molecule has 0 aromatic heterocycles. The van der Waals surface area contributed by atoms with Gasteiger partial charge in [-0.1, -0.05) is 0 Å². The first-order chi connectivity index (χ1) is 3.95. The van der Waals surface area contributed by atoms with E-state index in [1.807, 2.05) is 0 Å². The van der Waals surface area contributed by atoms with Crippen molar-refractivity contribution in [1.82, 2.24) is 0 Å². The third kappa shape index (κ3) is 0.477. The Morgan fingerprint density at radius 1 is 0.875 bits per heavy atom. The fraction of sp³-hybridized carbons (Fsp3) is 0.667. The van der Waals surface area contributed by atoms with Crippen LogP contribution in [0.3, 0.4) is 0 Å². The molecule has 2 saturated heterocycles. The first kappa shape index (κ1) is 4.57. The van der Waals surface area contributed by atoms with E-state index in [4.69, 9.17) is 0 Å². The van der Waals surface area contributed by atoms with Crippen LogP contribution in [-0.4, -0.2) is 29.9 Å². The van der Waals surface area contributed by atoms with Crippen LogP contribution in [0.1, 0.15) is 0 Å².